The predicted octanol–water partition coefficient (Wildman–Crippen LogP) is 2.84. The average molecular weight is 167 g/mol. The number of hydrogen-bond donors (Lipinski definition) is 1. The Balaban J connectivity index is 3.23. The van der Waals surface area contributed by atoms with Gasteiger partial charge in [-0.2, -0.15) is 0 Å². The maximum absolute atomic E-state index is 12.9. The van der Waals surface area contributed by atoms with Gasteiger partial charge in [-0.05, 0) is 30.0 Å². The molecule has 0 aliphatic rings. The van der Waals surface area contributed by atoms with Crippen LogP contribution >= 0.6 is 0 Å². The van der Waals surface area contributed by atoms with E-state index in [0.29, 0.717) is 17.2 Å². The van der Waals surface area contributed by atoms with Gasteiger partial charge in [-0.3, -0.25) is 0 Å². The molecule has 0 amide bonds. The fourth-order valence-corrected chi connectivity index (χ4v) is 1.22. The number of rotatable bonds is 1. The Bertz CT molecular complexity index is 292. The van der Waals surface area contributed by atoms with Gasteiger partial charge < -0.3 is 5.73 Å². The molecular weight excluding hydrogens is 153 g/mol. The summed E-state index contributed by atoms with van der Waals surface area (Å²) in [6.45, 7) is 5.84. The maximum Gasteiger partial charge on any atom is 0.128 e. The van der Waals surface area contributed by atoms with Crippen LogP contribution in [-0.4, -0.2) is 0 Å². The standard InChI is InChI=1S/C10H14FN/c1-6(2)8-4-7(3)9(11)5-10(8)12/h4-6H,12H2,1-3H3. The fourth-order valence-electron chi connectivity index (χ4n) is 1.22. The van der Waals surface area contributed by atoms with Crippen LogP contribution in [0.15, 0.2) is 12.1 Å². The molecule has 0 spiro atoms. The Hall–Kier alpha value is -1.05. The van der Waals surface area contributed by atoms with Gasteiger partial charge in [0.25, 0.3) is 0 Å². The third kappa shape index (κ3) is 1.58. The van der Waals surface area contributed by atoms with Crippen molar-refractivity contribution in [3.63, 3.8) is 0 Å². The molecule has 12 heavy (non-hydrogen) atoms. The van der Waals surface area contributed by atoms with Gasteiger partial charge in [0.1, 0.15) is 5.82 Å². The van der Waals surface area contributed by atoms with Crippen molar-refractivity contribution >= 4 is 5.69 Å². The van der Waals surface area contributed by atoms with Crippen LogP contribution in [-0.2, 0) is 0 Å². The highest BCUT2D eigenvalue weighted by Crippen LogP contribution is 2.24. The molecule has 66 valence electrons. The van der Waals surface area contributed by atoms with Crippen LogP contribution in [0.25, 0.3) is 0 Å². The quantitative estimate of drug-likeness (QED) is 0.639. The predicted molar refractivity (Wildman–Crippen MR) is 49.6 cm³/mol. The van der Waals surface area contributed by atoms with Gasteiger partial charge in [-0.15, -0.1) is 0 Å². The number of anilines is 1. The Kier molecular flexibility index (Phi) is 2.36. The first-order chi connectivity index (χ1) is 5.52. The minimum absolute atomic E-state index is 0.225. The van der Waals surface area contributed by atoms with Crippen molar-refractivity contribution in [1.29, 1.82) is 0 Å². The number of halogens is 1. The molecule has 0 saturated carbocycles. The molecule has 0 bridgehead atoms. The molecule has 0 aliphatic carbocycles. The van der Waals surface area contributed by atoms with Crippen molar-refractivity contribution in [2.24, 2.45) is 0 Å². The van der Waals surface area contributed by atoms with Crippen molar-refractivity contribution in [2.75, 3.05) is 5.73 Å². The van der Waals surface area contributed by atoms with E-state index in [9.17, 15) is 4.39 Å². The van der Waals surface area contributed by atoms with Crippen LogP contribution in [0.4, 0.5) is 10.1 Å². The first-order valence-corrected chi connectivity index (χ1v) is 4.08. The largest absolute Gasteiger partial charge is 0.398 e. The molecule has 0 fully saturated rings. The molecule has 0 saturated heterocycles. The molecule has 2 heteroatoms. The zero-order valence-electron chi connectivity index (χ0n) is 7.69. The molecule has 0 unspecified atom stereocenters. The first kappa shape index (κ1) is 9.04. The summed E-state index contributed by atoms with van der Waals surface area (Å²) in [7, 11) is 0. The van der Waals surface area contributed by atoms with E-state index in [2.05, 4.69) is 0 Å². The van der Waals surface area contributed by atoms with Gasteiger partial charge in [-0.25, -0.2) is 4.39 Å². The molecule has 1 aromatic carbocycles. The molecule has 1 rings (SSSR count). The van der Waals surface area contributed by atoms with Gasteiger partial charge in [0, 0.05) is 5.69 Å². The van der Waals surface area contributed by atoms with Crippen molar-refractivity contribution in [2.45, 2.75) is 26.7 Å². The lowest BCUT2D eigenvalue weighted by atomic mass is 9.99. The minimum atomic E-state index is -0.225. The molecule has 0 radical (unpaired) electrons. The van der Waals surface area contributed by atoms with Crippen molar-refractivity contribution < 1.29 is 4.39 Å². The fraction of sp³-hybridized carbons (Fsp3) is 0.400. The Morgan fingerprint density at radius 2 is 1.92 bits per heavy atom. The van der Waals surface area contributed by atoms with E-state index in [-0.39, 0.29) is 5.82 Å². The second-order valence-electron chi connectivity index (χ2n) is 3.39. The third-order valence-corrected chi connectivity index (χ3v) is 1.99. The Morgan fingerprint density at radius 3 is 2.42 bits per heavy atom. The summed E-state index contributed by atoms with van der Waals surface area (Å²) in [5, 5.41) is 0. The van der Waals surface area contributed by atoms with Crippen LogP contribution in [0.3, 0.4) is 0 Å². The van der Waals surface area contributed by atoms with Gasteiger partial charge in [0.2, 0.25) is 0 Å². The van der Waals surface area contributed by atoms with Gasteiger partial charge in [-0.1, -0.05) is 19.9 Å². The van der Waals surface area contributed by atoms with Crippen LogP contribution in [0, 0.1) is 12.7 Å². The Morgan fingerprint density at radius 1 is 1.33 bits per heavy atom. The van der Waals surface area contributed by atoms with E-state index in [4.69, 9.17) is 5.73 Å². The van der Waals surface area contributed by atoms with E-state index in [1.54, 1.807) is 6.92 Å². The zero-order valence-corrected chi connectivity index (χ0v) is 7.69. The summed E-state index contributed by atoms with van der Waals surface area (Å²) >= 11 is 0. The lowest BCUT2D eigenvalue weighted by molar-refractivity contribution is 0.617. The van der Waals surface area contributed by atoms with Crippen LogP contribution in [0.5, 0.6) is 0 Å². The van der Waals surface area contributed by atoms with Crippen molar-refractivity contribution in [1.82, 2.24) is 0 Å². The van der Waals surface area contributed by atoms with E-state index in [1.807, 2.05) is 19.9 Å². The van der Waals surface area contributed by atoms with E-state index < -0.39 is 0 Å². The van der Waals surface area contributed by atoms with Crippen LogP contribution in [0.1, 0.15) is 30.9 Å². The van der Waals surface area contributed by atoms with Gasteiger partial charge in [0.15, 0.2) is 0 Å². The molecule has 0 aromatic heterocycles. The summed E-state index contributed by atoms with van der Waals surface area (Å²) in [5.74, 6) is 0.126. The molecule has 2 N–H and O–H groups in total. The lowest BCUT2D eigenvalue weighted by Crippen LogP contribution is -1.98. The number of nitrogens with two attached hydrogens (primary N) is 1. The topological polar surface area (TPSA) is 26.0 Å². The van der Waals surface area contributed by atoms with E-state index in [0.717, 1.165) is 5.56 Å². The summed E-state index contributed by atoms with van der Waals surface area (Å²) in [5.41, 5.74) is 7.88. The molecular formula is C10H14FN. The number of hydrogen-bond acceptors (Lipinski definition) is 1. The monoisotopic (exact) mass is 167 g/mol. The highest BCUT2D eigenvalue weighted by Gasteiger charge is 2.07. The van der Waals surface area contributed by atoms with Gasteiger partial charge >= 0.3 is 0 Å². The molecule has 1 nitrogen and oxygen atoms in total. The molecule has 0 heterocycles. The van der Waals surface area contributed by atoms with Crippen LogP contribution < -0.4 is 5.73 Å². The summed E-state index contributed by atoms with van der Waals surface area (Å²) < 4.78 is 12.9. The van der Waals surface area contributed by atoms with Crippen LogP contribution in [0.2, 0.25) is 0 Å². The van der Waals surface area contributed by atoms with E-state index in [1.165, 1.54) is 6.07 Å². The summed E-state index contributed by atoms with van der Waals surface area (Å²) in [4.78, 5) is 0. The SMILES string of the molecule is Cc1cc(C(C)C)c(N)cc1F. The molecule has 1 aromatic rings. The van der Waals surface area contributed by atoms with Gasteiger partial charge in [0.05, 0.1) is 0 Å². The van der Waals surface area contributed by atoms with Crippen molar-refractivity contribution in [3.05, 3.63) is 29.1 Å². The summed E-state index contributed by atoms with van der Waals surface area (Å²) in [6.07, 6.45) is 0. The smallest absolute Gasteiger partial charge is 0.128 e. The number of benzene rings is 1. The third-order valence-electron chi connectivity index (χ3n) is 1.99. The lowest BCUT2D eigenvalue weighted by Gasteiger charge is -2.10. The highest BCUT2D eigenvalue weighted by molar-refractivity contribution is 5.50. The first-order valence-electron chi connectivity index (χ1n) is 4.08. The maximum atomic E-state index is 12.9. The minimum Gasteiger partial charge on any atom is -0.398 e. The Labute approximate surface area is 72.4 Å². The normalized spacial score (nSPS) is 10.8. The molecule has 0 atom stereocenters. The second-order valence-corrected chi connectivity index (χ2v) is 3.39. The summed E-state index contributed by atoms with van der Waals surface area (Å²) in [6, 6.07) is 3.21. The van der Waals surface area contributed by atoms with Crippen molar-refractivity contribution in [3.8, 4) is 0 Å². The average Bonchev–Trinajstić information content (AvgIpc) is 1.96. The number of aryl methyl sites for hydroxylation is 1. The number of nitrogen functional groups attached to an aromatic ring is 1. The zero-order chi connectivity index (χ0) is 9.30. The molecule has 0 aliphatic heterocycles. The highest BCUT2D eigenvalue weighted by atomic mass is 19.1. The van der Waals surface area contributed by atoms with E-state index >= 15 is 0 Å². The second kappa shape index (κ2) is 3.13.